The molecule has 0 aliphatic rings. The number of para-hydroxylation sites is 1. The van der Waals surface area contributed by atoms with Gasteiger partial charge in [-0.1, -0.05) is 18.2 Å². The van der Waals surface area contributed by atoms with E-state index in [2.05, 4.69) is 9.97 Å². The zero-order valence-corrected chi connectivity index (χ0v) is 14.4. The lowest BCUT2D eigenvalue weighted by Gasteiger charge is -2.22. The largest absolute Gasteiger partial charge is 0.369 e. The maximum absolute atomic E-state index is 12.7. The van der Waals surface area contributed by atoms with Gasteiger partial charge in [0.1, 0.15) is 0 Å². The molecule has 3 aromatic rings. The van der Waals surface area contributed by atoms with Crippen molar-refractivity contribution in [2.75, 3.05) is 17.7 Å². The Bertz CT molecular complexity index is 909. The highest BCUT2D eigenvalue weighted by atomic mass is 16.2. The molecule has 1 aromatic carbocycles. The van der Waals surface area contributed by atoms with Crippen LogP contribution in [0.15, 0.2) is 30.3 Å². The lowest BCUT2D eigenvalue weighted by molar-refractivity contribution is -0.116. The number of imide groups is 1. The number of H-pyrrole nitrogens is 1. The summed E-state index contributed by atoms with van der Waals surface area (Å²) in [5.41, 5.74) is 8.25. The van der Waals surface area contributed by atoms with Crippen molar-refractivity contribution in [1.29, 1.82) is 0 Å². The normalized spacial score (nSPS) is 10.8. The zero-order valence-electron chi connectivity index (χ0n) is 14.4. The van der Waals surface area contributed by atoms with Gasteiger partial charge >= 0.3 is 6.03 Å². The van der Waals surface area contributed by atoms with Crippen molar-refractivity contribution in [3.63, 3.8) is 0 Å². The number of carbonyl (C=O) groups excluding carboxylic acids is 2. The number of hydrogen-bond donors (Lipinski definition) is 2. The Morgan fingerprint density at radius 1 is 1.40 bits per heavy atom. The van der Waals surface area contributed by atoms with E-state index in [-0.39, 0.29) is 6.54 Å². The van der Waals surface area contributed by atoms with Gasteiger partial charge < -0.3 is 15.3 Å². The number of aromatic nitrogens is 3. The van der Waals surface area contributed by atoms with Gasteiger partial charge in [0, 0.05) is 25.3 Å². The summed E-state index contributed by atoms with van der Waals surface area (Å²) in [5, 5.41) is 1.03. The van der Waals surface area contributed by atoms with Crippen LogP contribution < -0.4 is 10.6 Å². The first-order valence-electron chi connectivity index (χ1n) is 7.77. The van der Waals surface area contributed by atoms with Gasteiger partial charge in [-0.05, 0) is 24.4 Å². The minimum atomic E-state index is -0.477. The van der Waals surface area contributed by atoms with E-state index in [9.17, 15) is 9.59 Å². The van der Waals surface area contributed by atoms with Crippen molar-refractivity contribution in [3.05, 3.63) is 41.7 Å². The third-order valence-electron chi connectivity index (χ3n) is 4.29. The van der Waals surface area contributed by atoms with Gasteiger partial charge in [-0.3, -0.25) is 14.6 Å². The standard InChI is InChI=1S/C17H20N6O2/c1-11-15(20-16(18)21(11)2)22(3)17(25)23(10-24)9-13-8-12-6-4-5-7-14(12)19-13/h4-8,10,19H,9H2,1-3H3,(H2,18,20). The molecule has 0 bridgehead atoms. The fourth-order valence-corrected chi connectivity index (χ4v) is 2.74. The molecule has 25 heavy (non-hydrogen) atoms. The van der Waals surface area contributed by atoms with E-state index in [0.717, 1.165) is 27.2 Å². The Kier molecular flexibility index (Phi) is 4.18. The Hall–Kier alpha value is -3.29. The lowest BCUT2D eigenvalue weighted by Crippen LogP contribution is -2.40. The second-order valence-electron chi connectivity index (χ2n) is 5.89. The van der Waals surface area contributed by atoms with E-state index in [4.69, 9.17) is 5.73 Å². The molecule has 130 valence electrons. The quantitative estimate of drug-likeness (QED) is 0.709. The van der Waals surface area contributed by atoms with E-state index in [1.54, 1.807) is 18.7 Å². The van der Waals surface area contributed by atoms with Crippen LogP contribution in [-0.4, -0.2) is 38.9 Å². The molecule has 0 saturated carbocycles. The SMILES string of the molecule is Cc1c(N(C)C(=O)N(C=O)Cc2cc3ccccc3[nH]2)nc(N)n1C. The van der Waals surface area contributed by atoms with Crippen LogP contribution in [0.1, 0.15) is 11.4 Å². The third-order valence-corrected chi connectivity index (χ3v) is 4.29. The molecule has 8 nitrogen and oxygen atoms in total. The van der Waals surface area contributed by atoms with Crippen molar-refractivity contribution in [1.82, 2.24) is 19.4 Å². The molecule has 2 aromatic heterocycles. The Balaban J connectivity index is 1.83. The number of fused-ring (bicyclic) bond motifs is 1. The molecule has 0 atom stereocenters. The molecule has 3 N–H and O–H groups in total. The van der Waals surface area contributed by atoms with Crippen LogP contribution in [0.4, 0.5) is 16.6 Å². The highest BCUT2D eigenvalue weighted by Gasteiger charge is 2.24. The molecule has 2 heterocycles. The van der Waals surface area contributed by atoms with Crippen LogP contribution >= 0.6 is 0 Å². The summed E-state index contributed by atoms with van der Waals surface area (Å²) in [5.74, 6) is 0.730. The fourth-order valence-electron chi connectivity index (χ4n) is 2.74. The van der Waals surface area contributed by atoms with E-state index in [1.165, 1.54) is 4.90 Å². The molecule has 0 unspecified atom stereocenters. The Morgan fingerprint density at radius 2 is 2.12 bits per heavy atom. The molecule has 0 saturated heterocycles. The van der Waals surface area contributed by atoms with Gasteiger partial charge in [0.2, 0.25) is 12.4 Å². The van der Waals surface area contributed by atoms with E-state index < -0.39 is 6.03 Å². The second kappa shape index (κ2) is 6.31. The molecule has 0 aliphatic carbocycles. The molecule has 3 rings (SSSR count). The van der Waals surface area contributed by atoms with Gasteiger partial charge in [0.25, 0.3) is 0 Å². The smallest absolute Gasteiger partial charge is 0.332 e. The molecule has 0 fully saturated rings. The number of nitrogens with one attached hydrogen (secondary N) is 1. The number of nitrogen functional groups attached to an aromatic ring is 1. The fraction of sp³-hybridized carbons (Fsp3) is 0.235. The lowest BCUT2D eigenvalue weighted by atomic mass is 10.2. The van der Waals surface area contributed by atoms with E-state index >= 15 is 0 Å². The molecule has 0 radical (unpaired) electrons. The van der Waals surface area contributed by atoms with Crippen LogP contribution in [0.2, 0.25) is 0 Å². The highest BCUT2D eigenvalue weighted by Crippen LogP contribution is 2.21. The third kappa shape index (κ3) is 2.93. The van der Waals surface area contributed by atoms with Crippen molar-refractivity contribution >= 4 is 35.1 Å². The molecular weight excluding hydrogens is 320 g/mol. The molecule has 8 heteroatoms. The van der Waals surface area contributed by atoms with Gasteiger partial charge in [0.15, 0.2) is 5.82 Å². The predicted molar refractivity (Wildman–Crippen MR) is 96.1 cm³/mol. The summed E-state index contributed by atoms with van der Waals surface area (Å²) < 4.78 is 1.68. The topological polar surface area (TPSA) is 100 Å². The van der Waals surface area contributed by atoms with Crippen LogP contribution in [0.25, 0.3) is 10.9 Å². The first-order chi connectivity index (χ1) is 11.9. The summed E-state index contributed by atoms with van der Waals surface area (Å²) in [6.45, 7) is 1.95. The first kappa shape index (κ1) is 16.6. The van der Waals surface area contributed by atoms with Crippen LogP contribution in [0.3, 0.4) is 0 Å². The first-order valence-corrected chi connectivity index (χ1v) is 7.77. The maximum Gasteiger partial charge on any atom is 0.332 e. The van der Waals surface area contributed by atoms with Gasteiger partial charge in [-0.15, -0.1) is 0 Å². The second-order valence-corrected chi connectivity index (χ2v) is 5.89. The highest BCUT2D eigenvalue weighted by molar-refractivity contribution is 5.97. The number of nitrogens with two attached hydrogens (primary N) is 1. The van der Waals surface area contributed by atoms with Crippen LogP contribution in [0.5, 0.6) is 0 Å². The number of carbonyl (C=O) groups is 2. The number of imidazole rings is 1. The summed E-state index contributed by atoms with van der Waals surface area (Å²) in [6, 6.07) is 9.21. The minimum absolute atomic E-state index is 0.142. The summed E-state index contributed by atoms with van der Waals surface area (Å²) in [6.07, 6.45) is 0.520. The van der Waals surface area contributed by atoms with Crippen molar-refractivity contribution in [2.45, 2.75) is 13.5 Å². The molecular formula is C17H20N6O2. The summed E-state index contributed by atoms with van der Waals surface area (Å²) in [7, 11) is 3.33. The van der Waals surface area contributed by atoms with Crippen molar-refractivity contribution < 1.29 is 9.59 Å². The summed E-state index contributed by atoms with van der Waals surface area (Å²) in [4.78, 5) is 34.0. The minimum Gasteiger partial charge on any atom is -0.369 e. The van der Waals surface area contributed by atoms with Gasteiger partial charge in [-0.2, -0.15) is 4.98 Å². The number of benzene rings is 1. The summed E-state index contributed by atoms with van der Waals surface area (Å²) >= 11 is 0. The van der Waals surface area contributed by atoms with Crippen LogP contribution in [-0.2, 0) is 18.4 Å². The number of hydrogen-bond acceptors (Lipinski definition) is 4. The number of rotatable bonds is 4. The van der Waals surface area contributed by atoms with Gasteiger partial charge in [0.05, 0.1) is 12.2 Å². The molecule has 0 aliphatic heterocycles. The van der Waals surface area contributed by atoms with Gasteiger partial charge in [-0.25, -0.2) is 4.79 Å². The number of nitrogens with zero attached hydrogens (tertiary/aromatic N) is 4. The average molecular weight is 340 g/mol. The van der Waals surface area contributed by atoms with E-state index in [1.807, 2.05) is 37.3 Å². The predicted octanol–water partition coefficient (Wildman–Crippen LogP) is 2.01. The van der Waals surface area contributed by atoms with Crippen molar-refractivity contribution in [3.8, 4) is 0 Å². The monoisotopic (exact) mass is 340 g/mol. The van der Waals surface area contributed by atoms with Crippen molar-refractivity contribution in [2.24, 2.45) is 7.05 Å². The molecule has 3 amide bonds. The Morgan fingerprint density at radius 3 is 2.72 bits per heavy atom. The number of amides is 3. The Labute approximate surface area is 144 Å². The average Bonchev–Trinajstić information content (AvgIpc) is 3.14. The number of aromatic amines is 1. The van der Waals surface area contributed by atoms with Crippen LogP contribution in [0, 0.1) is 6.92 Å². The number of urea groups is 1. The zero-order chi connectivity index (χ0) is 18.1. The van der Waals surface area contributed by atoms with E-state index in [0.29, 0.717) is 18.2 Å². The maximum atomic E-state index is 12.7. The number of anilines is 2. The molecule has 0 spiro atoms.